The molecule has 0 aliphatic carbocycles. The molecule has 1 aromatic carbocycles. The summed E-state index contributed by atoms with van der Waals surface area (Å²) in [4.78, 5) is 17.2. The van der Waals surface area contributed by atoms with Crippen molar-refractivity contribution < 1.29 is 9.18 Å². The molecule has 0 spiro atoms. The lowest BCUT2D eigenvalue weighted by Crippen LogP contribution is -2.31. The number of imidazole rings is 1. The van der Waals surface area contributed by atoms with Crippen LogP contribution in [0.25, 0.3) is 0 Å². The Morgan fingerprint density at radius 3 is 2.77 bits per heavy atom. The second kappa shape index (κ2) is 6.11. The molecule has 1 N–H and O–H groups in total. The number of hydrogen-bond donors (Lipinski definition) is 1. The highest BCUT2D eigenvalue weighted by atomic mass is 32.1. The predicted molar refractivity (Wildman–Crippen MR) is 83.2 cm³/mol. The Morgan fingerprint density at radius 2 is 2.14 bits per heavy atom. The second-order valence-electron chi connectivity index (χ2n) is 4.80. The van der Waals surface area contributed by atoms with Crippen LogP contribution >= 0.6 is 11.3 Å². The molecule has 4 nitrogen and oxygen atoms in total. The molecule has 0 radical (unpaired) electrons. The number of aryl methyl sites for hydroxylation is 1. The van der Waals surface area contributed by atoms with E-state index in [1.807, 2.05) is 12.4 Å². The van der Waals surface area contributed by atoms with E-state index in [9.17, 15) is 9.18 Å². The van der Waals surface area contributed by atoms with Gasteiger partial charge in [-0.3, -0.25) is 4.79 Å². The van der Waals surface area contributed by atoms with Crippen LogP contribution in [0.15, 0.2) is 54.2 Å². The SMILES string of the molecule is Cn1ccnc1[C@H](NC(=O)c1cccs1)c1ccccc1F. The zero-order valence-corrected chi connectivity index (χ0v) is 12.7. The first-order valence-corrected chi connectivity index (χ1v) is 7.61. The van der Waals surface area contributed by atoms with E-state index >= 15 is 0 Å². The number of nitrogens with one attached hydrogen (secondary N) is 1. The number of carbonyl (C=O) groups excluding carboxylic acids is 1. The highest BCUT2D eigenvalue weighted by Gasteiger charge is 2.24. The van der Waals surface area contributed by atoms with E-state index in [1.54, 1.807) is 47.3 Å². The maximum absolute atomic E-state index is 14.2. The quantitative estimate of drug-likeness (QED) is 0.804. The lowest BCUT2D eigenvalue weighted by molar-refractivity contribution is 0.0945. The van der Waals surface area contributed by atoms with E-state index in [0.29, 0.717) is 16.3 Å². The van der Waals surface area contributed by atoms with Crippen molar-refractivity contribution >= 4 is 17.2 Å². The van der Waals surface area contributed by atoms with Crippen molar-refractivity contribution in [3.8, 4) is 0 Å². The third kappa shape index (κ3) is 2.78. The Kier molecular flexibility index (Phi) is 4.02. The number of hydrogen-bond acceptors (Lipinski definition) is 3. The van der Waals surface area contributed by atoms with Crippen molar-refractivity contribution in [3.63, 3.8) is 0 Å². The molecule has 22 heavy (non-hydrogen) atoms. The van der Waals surface area contributed by atoms with Gasteiger partial charge in [0.1, 0.15) is 17.7 Å². The van der Waals surface area contributed by atoms with Crippen molar-refractivity contribution in [1.29, 1.82) is 0 Å². The van der Waals surface area contributed by atoms with Crippen molar-refractivity contribution in [1.82, 2.24) is 14.9 Å². The number of rotatable bonds is 4. The van der Waals surface area contributed by atoms with Crippen LogP contribution in [-0.2, 0) is 7.05 Å². The number of amides is 1. The minimum absolute atomic E-state index is 0.244. The number of halogens is 1. The van der Waals surface area contributed by atoms with Crippen LogP contribution in [0.1, 0.15) is 27.1 Å². The number of nitrogens with zero attached hydrogens (tertiary/aromatic N) is 2. The average Bonchev–Trinajstić information content (AvgIpc) is 3.17. The van der Waals surface area contributed by atoms with Crippen LogP contribution in [-0.4, -0.2) is 15.5 Å². The van der Waals surface area contributed by atoms with Crippen LogP contribution in [0.2, 0.25) is 0 Å². The molecule has 1 amide bonds. The van der Waals surface area contributed by atoms with Gasteiger partial charge in [0.25, 0.3) is 5.91 Å². The lowest BCUT2D eigenvalue weighted by Gasteiger charge is -2.19. The minimum Gasteiger partial charge on any atom is -0.337 e. The Morgan fingerprint density at radius 1 is 1.32 bits per heavy atom. The molecule has 3 rings (SSSR count). The summed E-state index contributed by atoms with van der Waals surface area (Å²) < 4.78 is 15.9. The maximum atomic E-state index is 14.2. The molecule has 2 heterocycles. The summed E-state index contributed by atoms with van der Waals surface area (Å²) in [7, 11) is 1.81. The normalized spacial score (nSPS) is 12.1. The topological polar surface area (TPSA) is 46.9 Å². The Balaban J connectivity index is 1.99. The lowest BCUT2D eigenvalue weighted by atomic mass is 10.1. The van der Waals surface area contributed by atoms with Crippen LogP contribution in [0.5, 0.6) is 0 Å². The summed E-state index contributed by atoms with van der Waals surface area (Å²) in [6.45, 7) is 0. The van der Waals surface area contributed by atoms with Crippen LogP contribution in [0.3, 0.4) is 0 Å². The van der Waals surface area contributed by atoms with E-state index in [0.717, 1.165) is 0 Å². The second-order valence-corrected chi connectivity index (χ2v) is 5.75. The largest absolute Gasteiger partial charge is 0.337 e. The van der Waals surface area contributed by atoms with Gasteiger partial charge in [-0.25, -0.2) is 9.37 Å². The Hall–Kier alpha value is -2.47. The van der Waals surface area contributed by atoms with Gasteiger partial charge in [0, 0.05) is 25.0 Å². The van der Waals surface area contributed by atoms with E-state index in [4.69, 9.17) is 0 Å². The zero-order valence-electron chi connectivity index (χ0n) is 11.9. The Labute approximate surface area is 131 Å². The van der Waals surface area contributed by atoms with Crippen molar-refractivity contribution in [2.45, 2.75) is 6.04 Å². The fraction of sp³-hybridized carbons (Fsp3) is 0.125. The molecule has 0 fully saturated rings. The minimum atomic E-state index is -0.643. The molecule has 0 unspecified atom stereocenters. The average molecular weight is 315 g/mol. The molecule has 0 aliphatic rings. The molecule has 112 valence electrons. The van der Waals surface area contributed by atoms with E-state index in [1.165, 1.54) is 17.4 Å². The van der Waals surface area contributed by atoms with Gasteiger partial charge in [0.2, 0.25) is 0 Å². The first-order chi connectivity index (χ1) is 10.7. The highest BCUT2D eigenvalue weighted by Crippen LogP contribution is 2.24. The smallest absolute Gasteiger partial charge is 0.262 e. The summed E-state index contributed by atoms with van der Waals surface area (Å²) in [6.07, 6.45) is 3.39. The summed E-state index contributed by atoms with van der Waals surface area (Å²) in [5.74, 6) is -0.0387. The molecule has 0 aliphatic heterocycles. The van der Waals surface area contributed by atoms with Gasteiger partial charge in [-0.05, 0) is 17.5 Å². The van der Waals surface area contributed by atoms with Gasteiger partial charge in [-0.2, -0.15) is 0 Å². The molecule has 0 saturated carbocycles. The Bertz CT molecular complexity index is 782. The third-order valence-electron chi connectivity index (χ3n) is 3.35. The zero-order chi connectivity index (χ0) is 15.5. The van der Waals surface area contributed by atoms with E-state index < -0.39 is 6.04 Å². The van der Waals surface area contributed by atoms with Gasteiger partial charge < -0.3 is 9.88 Å². The maximum Gasteiger partial charge on any atom is 0.262 e. The van der Waals surface area contributed by atoms with Crippen LogP contribution < -0.4 is 5.32 Å². The number of aromatic nitrogens is 2. The first-order valence-electron chi connectivity index (χ1n) is 6.73. The van der Waals surface area contributed by atoms with E-state index in [-0.39, 0.29) is 11.7 Å². The monoisotopic (exact) mass is 315 g/mol. The van der Waals surface area contributed by atoms with Crippen molar-refractivity contribution in [2.24, 2.45) is 7.05 Å². The van der Waals surface area contributed by atoms with Gasteiger partial charge in [0.15, 0.2) is 0 Å². The van der Waals surface area contributed by atoms with Crippen LogP contribution in [0, 0.1) is 5.82 Å². The molecule has 3 aromatic rings. The summed E-state index contributed by atoms with van der Waals surface area (Å²) in [6, 6.07) is 9.29. The molecule has 0 saturated heterocycles. The highest BCUT2D eigenvalue weighted by molar-refractivity contribution is 7.12. The number of carbonyl (C=O) groups is 1. The number of thiophene rings is 1. The number of benzene rings is 1. The fourth-order valence-corrected chi connectivity index (χ4v) is 2.88. The first kappa shape index (κ1) is 14.5. The molecule has 2 aromatic heterocycles. The van der Waals surface area contributed by atoms with Gasteiger partial charge in [-0.15, -0.1) is 11.3 Å². The third-order valence-corrected chi connectivity index (χ3v) is 4.22. The van der Waals surface area contributed by atoms with E-state index in [2.05, 4.69) is 10.3 Å². The van der Waals surface area contributed by atoms with Gasteiger partial charge in [-0.1, -0.05) is 24.3 Å². The molecule has 0 bridgehead atoms. The van der Waals surface area contributed by atoms with Crippen LogP contribution in [0.4, 0.5) is 4.39 Å². The standard InChI is InChI=1S/C16H14FN3OS/c1-20-9-8-18-15(20)14(11-5-2-3-6-12(11)17)19-16(21)13-7-4-10-22-13/h2-10,14H,1H3,(H,19,21)/t14-/m1/s1. The summed E-state index contributed by atoms with van der Waals surface area (Å²) in [5, 5.41) is 4.70. The molecular formula is C16H14FN3OS. The molecule has 6 heteroatoms. The molecule has 1 atom stereocenters. The predicted octanol–water partition coefficient (Wildman–Crippen LogP) is 3.14. The molecular weight excluding hydrogens is 301 g/mol. The van der Waals surface area contributed by atoms with Gasteiger partial charge >= 0.3 is 0 Å². The van der Waals surface area contributed by atoms with Crippen molar-refractivity contribution in [3.05, 3.63) is 76.3 Å². The summed E-state index contributed by atoms with van der Waals surface area (Å²) >= 11 is 1.34. The summed E-state index contributed by atoms with van der Waals surface area (Å²) in [5.41, 5.74) is 0.390. The fourth-order valence-electron chi connectivity index (χ4n) is 2.26. The van der Waals surface area contributed by atoms with Gasteiger partial charge in [0.05, 0.1) is 4.88 Å². The van der Waals surface area contributed by atoms with Crippen molar-refractivity contribution in [2.75, 3.05) is 0 Å².